The number of aliphatic hydroxyl groups is 1. The maximum atomic E-state index is 13.4. The highest BCUT2D eigenvalue weighted by molar-refractivity contribution is 7.89. The lowest BCUT2D eigenvalue weighted by Crippen LogP contribution is -2.24. The molecule has 112 valence electrons. The highest BCUT2D eigenvalue weighted by Gasteiger charge is 2.15. The number of halogens is 2. The first-order chi connectivity index (χ1) is 9.92. The molecule has 2 N–H and O–H groups in total. The van der Waals surface area contributed by atoms with E-state index in [1.807, 2.05) is 0 Å². The highest BCUT2D eigenvalue weighted by Crippen LogP contribution is 2.14. The van der Waals surface area contributed by atoms with Crippen LogP contribution in [-0.2, 0) is 23.2 Å². The van der Waals surface area contributed by atoms with Crippen LogP contribution in [0.2, 0.25) is 0 Å². The van der Waals surface area contributed by atoms with Crippen molar-refractivity contribution in [3.8, 4) is 0 Å². The molecule has 0 saturated carbocycles. The monoisotopic (exact) mass is 313 g/mol. The zero-order valence-corrected chi connectivity index (χ0v) is 11.7. The largest absolute Gasteiger partial charge is 0.392 e. The minimum Gasteiger partial charge on any atom is -0.392 e. The summed E-state index contributed by atoms with van der Waals surface area (Å²) in [5.41, 5.74) is 0.353. The van der Waals surface area contributed by atoms with Gasteiger partial charge >= 0.3 is 0 Å². The maximum absolute atomic E-state index is 13.4. The number of hydrogen-bond donors (Lipinski definition) is 2. The molecule has 0 aliphatic carbocycles. The van der Waals surface area contributed by atoms with E-state index in [0.717, 1.165) is 18.2 Å². The summed E-state index contributed by atoms with van der Waals surface area (Å²) in [5.74, 6) is -1.34. The molecule has 0 radical (unpaired) electrons. The minimum absolute atomic E-state index is 0.0501. The summed E-state index contributed by atoms with van der Waals surface area (Å²) in [6, 6.07) is 8.55. The smallest absolute Gasteiger partial charge is 0.240 e. The average Bonchev–Trinajstić information content (AvgIpc) is 2.48. The molecular formula is C14H13F2NO3S. The molecule has 7 heteroatoms. The van der Waals surface area contributed by atoms with Crippen molar-refractivity contribution < 1.29 is 22.3 Å². The molecule has 21 heavy (non-hydrogen) atoms. The molecule has 0 fully saturated rings. The van der Waals surface area contributed by atoms with Gasteiger partial charge < -0.3 is 5.11 Å². The highest BCUT2D eigenvalue weighted by atomic mass is 32.2. The van der Waals surface area contributed by atoms with Gasteiger partial charge in [-0.1, -0.05) is 12.1 Å². The Morgan fingerprint density at radius 1 is 1.10 bits per heavy atom. The normalized spacial score (nSPS) is 11.6. The van der Waals surface area contributed by atoms with Crippen LogP contribution < -0.4 is 4.72 Å². The van der Waals surface area contributed by atoms with Crippen molar-refractivity contribution in [3.63, 3.8) is 0 Å². The van der Waals surface area contributed by atoms with Crippen LogP contribution in [0, 0.1) is 11.6 Å². The summed E-state index contributed by atoms with van der Waals surface area (Å²) in [6.45, 7) is -0.656. The molecule has 0 aliphatic heterocycles. The number of benzene rings is 2. The van der Waals surface area contributed by atoms with E-state index in [2.05, 4.69) is 4.72 Å². The molecule has 0 saturated heterocycles. The summed E-state index contributed by atoms with van der Waals surface area (Å²) >= 11 is 0. The van der Waals surface area contributed by atoms with Crippen molar-refractivity contribution in [2.45, 2.75) is 18.0 Å². The molecule has 2 aromatic carbocycles. The van der Waals surface area contributed by atoms with Gasteiger partial charge in [-0.2, -0.15) is 0 Å². The van der Waals surface area contributed by atoms with Gasteiger partial charge in [-0.3, -0.25) is 0 Å². The van der Waals surface area contributed by atoms with Crippen LogP contribution in [0.1, 0.15) is 11.1 Å². The lowest BCUT2D eigenvalue weighted by atomic mass is 10.2. The molecule has 0 atom stereocenters. The van der Waals surface area contributed by atoms with Crippen molar-refractivity contribution in [2.75, 3.05) is 0 Å². The first-order valence-electron chi connectivity index (χ1n) is 6.06. The van der Waals surface area contributed by atoms with Gasteiger partial charge in [-0.15, -0.1) is 0 Å². The van der Waals surface area contributed by atoms with E-state index in [0.29, 0.717) is 5.56 Å². The molecule has 0 amide bonds. The third-order valence-electron chi connectivity index (χ3n) is 2.85. The predicted molar refractivity (Wildman–Crippen MR) is 72.7 cm³/mol. The van der Waals surface area contributed by atoms with Gasteiger partial charge in [0.1, 0.15) is 11.6 Å². The van der Waals surface area contributed by atoms with E-state index >= 15 is 0 Å². The summed E-state index contributed by atoms with van der Waals surface area (Å²) < 4.78 is 52.8. The summed E-state index contributed by atoms with van der Waals surface area (Å²) in [6.07, 6.45) is 0. The molecule has 0 aromatic heterocycles. The molecule has 0 bridgehead atoms. The van der Waals surface area contributed by atoms with Crippen molar-refractivity contribution in [3.05, 3.63) is 65.2 Å². The molecule has 0 spiro atoms. The summed E-state index contributed by atoms with van der Waals surface area (Å²) in [7, 11) is -3.87. The van der Waals surface area contributed by atoms with Crippen LogP contribution in [0.4, 0.5) is 8.78 Å². The first kappa shape index (κ1) is 15.6. The Morgan fingerprint density at radius 3 is 2.57 bits per heavy atom. The fourth-order valence-electron chi connectivity index (χ4n) is 1.75. The molecular weight excluding hydrogens is 300 g/mol. The third-order valence-corrected chi connectivity index (χ3v) is 4.25. The van der Waals surface area contributed by atoms with E-state index in [1.165, 1.54) is 18.2 Å². The van der Waals surface area contributed by atoms with Crippen LogP contribution in [0.5, 0.6) is 0 Å². The lowest BCUT2D eigenvalue weighted by molar-refractivity contribution is 0.281. The first-order valence-corrected chi connectivity index (χ1v) is 7.54. The van der Waals surface area contributed by atoms with Crippen LogP contribution >= 0.6 is 0 Å². The fraction of sp³-hybridized carbons (Fsp3) is 0.143. The van der Waals surface area contributed by atoms with E-state index in [-0.39, 0.29) is 23.6 Å². The Hall–Kier alpha value is -1.83. The quantitative estimate of drug-likeness (QED) is 0.886. The van der Waals surface area contributed by atoms with E-state index in [4.69, 9.17) is 5.11 Å². The van der Waals surface area contributed by atoms with E-state index in [9.17, 15) is 17.2 Å². The number of hydrogen-bond acceptors (Lipinski definition) is 3. The number of sulfonamides is 1. The second-order valence-corrected chi connectivity index (χ2v) is 6.13. The Kier molecular flexibility index (Phi) is 4.66. The number of aliphatic hydroxyl groups excluding tert-OH is 1. The molecule has 0 aliphatic rings. The third kappa shape index (κ3) is 3.84. The summed E-state index contributed by atoms with van der Waals surface area (Å²) in [5, 5.41) is 9.00. The zero-order valence-electron chi connectivity index (χ0n) is 10.9. The van der Waals surface area contributed by atoms with Gasteiger partial charge in [-0.25, -0.2) is 21.9 Å². The molecule has 2 aromatic rings. The van der Waals surface area contributed by atoms with Gasteiger partial charge in [-0.05, 0) is 35.9 Å². The number of rotatable bonds is 5. The van der Waals surface area contributed by atoms with E-state index in [1.54, 1.807) is 6.07 Å². The Morgan fingerprint density at radius 2 is 1.86 bits per heavy atom. The molecule has 2 rings (SSSR count). The SMILES string of the molecule is O=S(=O)(NCc1cc(F)ccc1F)c1cccc(CO)c1. The van der Waals surface area contributed by atoms with Crippen molar-refractivity contribution in [2.24, 2.45) is 0 Å². The topological polar surface area (TPSA) is 66.4 Å². The van der Waals surface area contributed by atoms with Gasteiger partial charge in [0.2, 0.25) is 10.0 Å². The summed E-state index contributed by atoms with van der Waals surface area (Å²) in [4.78, 5) is -0.0501. The lowest BCUT2D eigenvalue weighted by Gasteiger charge is -2.08. The molecule has 4 nitrogen and oxygen atoms in total. The molecule has 0 unspecified atom stereocenters. The van der Waals surface area contributed by atoms with Gasteiger partial charge in [0.05, 0.1) is 11.5 Å². The fourth-order valence-corrected chi connectivity index (χ4v) is 2.82. The Labute approximate surface area is 121 Å². The van der Waals surface area contributed by atoms with Crippen molar-refractivity contribution in [1.29, 1.82) is 0 Å². The average molecular weight is 313 g/mol. The Bertz CT molecular complexity index is 748. The van der Waals surface area contributed by atoms with Crippen molar-refractivity contribution >= 4 is 10.0 Å². The number of nitrogens with one attached hydrogen (secondary N) is 1. The Balaban J connectivity index is 2.19. The second kappa shape index (κ2) is 6.30. The predicted octanol–water partition coefficient (Wildman–Crippen LogP) is 1.94. The van der Waals surface area contributed by atoms with Crippen molar-refractivity contribution in [1.82, 2.24) is 4.72 Å². The van der Waals surface area contributed by atoms with Crippen LogP contribution in [0.15, 0.2) is 47.4 Å². The standard InChI is InChI=1S/C14H13F2NO3S/c15-12-4-5-14(16)11(7-12)8-17-21(19,20)13-3-1-2-10(6-13)9-18/h1-7,17-18H,8-9H2. The molecule has 0 heterocycles. The van der Waals surface area contributed by atoms with Crippen LogP contribution in [0.25, 0.3) is 0 Å². The van der Waals surface area contributed by atoms with Crippen LogP contribution in [0.3, 0.4) is 0 Å². The van der Waals surface area contributed by atoms with Gasteiger partial charge in [0, 0.05) is 12.1 Å². The zero-order chi connectivity index (χ0) is 15.5. The van der Waals surface area contributed by atoms with Crippen LogP contribution in [-0.4, -0.2) is 13.5 Å². The second-order valence-electron chi connectivity index (χ2n) is 4.37. The van der Waals surface area contributed by atoms with Gasteiger partial charge in [0.15, 0.2) is 0 Å². The van der Waals surface area contributed by atoms with E-state index < -0.39 is 21.7 Å². The maximum Gasteiger partial charge on any atom is 0.240 e. The minimum atomic E-state index is -3.87. The van der Waals surface area contributed by atoms with Gasteiger partial charge in [0.25, 0.3) is 0 Å².